The van der Waals surface area contributed by atoms with E-state index in [1.165, 1.54) is 41.7 Å². The molecule has 0 fully saturated rings. The fraction of sp³-hybridized carbons (Fsp3) is 0.444. The summed E-state index contributed by atoms with van der Waals surface area (Å²) >= 11 is 0. The first-order valence-corrected chi connectivity index (χ1v) is 10.9. The van der Waals surface area contributed by atoms with Gasteiger partial charge in [-0.2, -0.15) is 0 Å². The Morgan fingerprint density at radius 1 is 1.03 bits per heavy atom. The first kappa shape index (κ1) is 22.3. The van der Waals surface area contributed by atoms with Crippen LogP contribution in [0.25, 0.3) is 5.57 Å². The Morgan fingerprint density at radius 2 is 1.73 bits per heavy atom. The van der Waals surface area contributed by atoms with Crippen molar-refractivity contribution in [2.75, 3.05) is 6.61 Å². The summed E-state index contributed by atoms with van der Waals surface area (Å²) in [4.78, 5) is 12.4. The number of aryl methyl sites for hydroxylation is 1. The van der Waals surface area contributed by atoms with E-state index in [0.717, 1.165) is 6.42 Å². The molecule has 2 aromatic rings. The highest BCUT2D eigenvalue weighted by Crippen LogP contribution is 2.45. The molecule has 0 N–H and O–H groups in total. The van der Waals surface area contributed by atoms with Crippen LogP contribution in [0.1, 0.15) is 76.1 Å². The first-order valence-electron chi connectivity index (χ1n) is 10.9. The molecule has 1 aliphatic carbocycles. The average Bonchev–Trinajstić information content (AvgIpc) is 2.69. The number of fused-ring (bicyclic) bond motifs is 1. The van der Waals surface area contributed by atoms with Gasteiger partial charge in [0, 0.05) is 0 Å². The van der Waals surface area contributed by atoms with Crippen LogP contribution in [0.5, 0.6) is 0 Å². The van der Waals surface area contributed by atoms with E-state index < -0.39 is 5.97 Å². The van der Waals surface area contributed by atoms with Crippen LogP contribution < -0.4 is 0 Å². The molecule has 2 nitrogen and oxygen atoms in total. The van der Waals surface area contributed by atoms with Crippen molar-refractivity contribution in [1.29, 1.82) is 0 Å². The Hall–Kier alpha value is -2.42. The molecule has 3 rings (SSSR count). The summed E-state index contributed by atoms with van der Waals surface area (Å²) in [7, 11) is 0. The summed E-state index contributed by atoms with van der Waals surface area (Å²) in [6.45, 7) is 11.4. The monoisotopic (exact) mass is 408 g/mol. The SMILES string of the molecule is CCOC(=O)/C(=C/CCc1ccc2c(c1)C(C)(C)CCC2(C)C)c1cccc(F)c1. The number of benzene rings is 2. The number of halogens is 1. The molecule has 0 saturated heterocycles. The molecule has 0 atom stereocenters. The molecular weight excluding hydrogens is 375 g/mol. The van der Waals surface area contributed by atoms with Gasteiger partial charge in [-0.3, -0.25) is 0 Å². The topological polar surface area (TPSA) is 26.3 Å². The third-order valence-electron chi connectivity index (χ3n) is 6.33. The van der Waals surface area contributed by atoms with E-state index in [0.29, 0.717) is 24.2 Å². The van der Waals surface area contributed by atoms with Crippen LogP contribution in [0.4, 0.5) is 4.39 Å². The Morgan fingerprint density at radius 3 is 2.40 bits per heavy atom. The zero-order valence-corrected chi connectivity index (χ0v) is 18.8. The molecule has 160 valence electrons. The number of allylic oxidation sites excluding steroid dienone is 1. The van der Waals surface area contributed by atoms with Gasteiger partial charge in [-0.05, 0) is 77.8 Å². The highest BCUT2D eigenvalue weighted by atomic mass is 19.1. The van der Waals surface area contributed by atoms with Crippen LogP contribution in [0.3, 0.4) is 0 Å². The lowest BCUT2D eigenvalue weighted by Gasteiger charge is -2.42. The minimum Gasteiger partial charge on any atom is -0.462 e. The number of carbonyl (C=O) groups is 1. The molecule has 3 heteroatoms. The maximum absolute atomic E-state index is 13.7. The second-order valence-electron chi connectivity index (χ2n) is 9.53. The Kier molecular flexibility index (Phi) is 6.50. The summed E-state index contributed by atoms with van der Waals surface area (Å²) in [5.41, 5.74) is 5.52. The van der Waals surface area contributed by atoms with Crippen molar-refractivity contribution in [3.05, 3.63) is 76.6 Å². The molecule has 0 aromatic heterocycles. The quantitative estimate of drug-likeness (QED) is 0.390. The predicted octanol–water partition coefficient (Wildman–Crippen LogP) is 6.75. The van der Waals surface area contributed by atoms with E-state index in [1.807, 2.05) is 6.08 Å². The number of esters is 1. The van der Waals surface area contributed by atoms with Crippen molar-refractivity contribution >= 4 is 11.5 Å². The van der Waals surface area contributed by atoms with E-state index in [9.17, 15) is 9.18 Å². The highest BCUT2D eigenvalue weighted by Gasteiger charge is 2.36. The lowest BCUT2D eigenvalue weighted by atomic mass is 9.63. The van der Waals surface area contributed by atoms with Gasteiger partial charge in [0.2, 0.25) is 0 Å². The van der Waals surface area contributed by atoms with E-state index in [4.69, 9.17) is 4.74 Å². The number of hydrogen-bond donors (Lipinski definition) is 0. The predicted molar refractivity (Wildman–Crippen MR) is 121 cm³/mol. The molecule has 30 heavy (non-hydrogen) atoms. The molecule has 0 saturated carbocycles. The fourth-order valence-corrected chi connectivity index (χ4v) is 4.36. The Balaban J connectivity index is 1.84. The maximum Gasteiger partial charge on any atom is 0.338 e. The number of rotatable bonds is 6. The van der Waals surface area contributed by atoms with Crippen LogP contribution in [-0.2, 0) is 26.8 Å². The maximum atomic E-state index is 13.7. The van der Waals surface area contributed by atoms with Crippen molar-refractivity contribution in [2.45, 2.75) is 71.1 Å². The zero-order chi connectivity index (χ0) is 21.9. The van der Waals surface area contributed by atoms with E-state index in [2.05, 4.69) is 45.9 Å². The van der Waals surface area contributed by atoms with Crippen molar-refractivity contribution in [3.63, 3.8) is 0 Å². The van der Waals surface area contributed by atoms with Crippen molar-refractivity contribution in [1.82, 2.24) is 0 Å². The third kappa shape index (κ3) is 4.83. The van der Waals surface area contributed by atoms with Gasteiger partial charge in [0.05, 0.1) is 12.2 Å². The second-order valence-corrected chi connectivity index (χ2v) is 9.53. The lowest BCUT2D eigenvalue weighted by molar-refractivity contribution is -0.136. The highest BCUT2D eigenvalue weighted by molar-refractivity contribution is 6.16. The summed E-state index contributed by atoms with van der Waals surface area (Å²) in [6, 6.07) is 13.0. The van der Waals surface area contributed by atoms with E-state index in [1.54, 1.807) is 19.1 Å². The van der Waals surface area contributed by atoms with Crippen LogP contribution in [0.15, 0.2) is 48.5 Å². The van der Waals surface area contributed by atoms with Gasteiger partial charge >= 0.3 is 5.97 Å². The minimum absolute atomic E-state index is 0.175. The first-order chi connectivity index (χ1) is 14.1. The number of carbonyl (C=O) groups excluding carboxylic acids is 1. The molecule has 0 spiro atoms. The molecule has 1 aliphatic rings. The van der Waals surface area contributed by atoms with E-state index in [-0.39, 0.29) is 16.6 Å². The Bertz CT molecular complexity index is 953. The molecule has 0 bridgehead atoms. The van der Waals surface area contributed by atoms with Gasteiger partial charge in [-0.15, -0.1) is 0 Å². The molecule has 2 aromatic carbocycles. The molecule has 0 unspecified atom stereocenters. The normalized spacial score (nSPS) is 17.3. The van der Waals surface area contributed by atoms with E-state index >= 15 is 0 Å². The Labute approximate surface area is 180 Å². The van der Waals surface area contributed by atoms with Crippen molar-refractivity contribution in [2.24, 2.45) is 0 Å². The zero-order valence-electron chi connectivity index (χ0n) is 18.8. The van der Waals surface area contributed by atoms with Crippen LogP contribution in [0, 0.1) is 5.82 Å². The van der Waals surface area contributed by atoms with Gasteiger partial charge in [-0.25, -0.2) is 9.18 Å². The lowest BCUT2D eigenvalue weighted by Crippen LogP contribution is -2.33. The molecular formula is C27H33FO2. The average molecular weight is 409 g/mol. The number of hydrogen-bond acceptors (Lipinski definition) is 2. The molecule has 0 amide bonds. The van der Waals surface area contributed by atoms with Crippen molar-refractivity contribution in [3.8, 4) is 0 Å². The second kappa shape index (κ2) is 8.75. The summed E-state index contributed by atoms with van der Waals surface area (Å²) < 4.78 is 18.9. The smallest absolute Gasteiger partial charge is 0.338 e. The minimum atomic E-state index is -0.406. The number of ether oxygens (including phenoxy) is 1. The largest absolute Gasteiger partial charge is 0.462 e. The summed E-state index contributed by atoms with van der Waals surface area (Å²) in [6.07, 6.45) is 5.77. The summed E-state index contributed by atoms with van der Waals surface area (Å²) in [5, 5.41) is 0. The van der Waals surface area contributed by atoms with Crippen LogP contribution in [-0.4, -0.2) is 12.6 Å². The van der Waals surface area contributed by atoms with Gasteiger partial charge in [0.25, 0.3) is 0 Å². The summed E-state index contributed by atoms with van der Waals surface area (Å²) in [5.74, 6) is -0.765. The van der Waals surface area contributed by atoms with Crippen LogP contribution in [0.2, 0.25) is 0 Å². The molecule has 0 aliphatic heterocycles. The molecule has 0 heterocycles. The van der Waals surface area contributed by atoms with Gasteiger partial charge in [-0.1, -0.05) is 64.1 Å². The van der Waals surface area contributed by atoms with Crippen LogP contribution >= 0.6 is 0 Å². The third-order valence-corrected chi connectivity index (χ3v) is 6.33. The standard InChI is InChI=1S/C27H33FO2/c1-6-30-25(29)22(20-10-8-11-21(28)18-20)12-7-9-19-13-14-23-24(17-19)27(4,5)16-15-26(23,2)3/h8,10-14,17-18H,6-7,9,15-16H2,1-5H3/b22-12+. The van der Waals surface area contributed by atoms with Gasteiger partial charge in [0.1, 0.15) is 5.82 Å². The van der Waals surface area contributed by atoms with Crippen molar-refractivity contribution < 1.29 is 13.9 Å². The van der Waals surface area contributed by atoms with Gasteiger partial charge < -0.3 is 4.74 Å². The fourth-order valence-electron chi connectivity index (χ4n) is 4.36. The molecule has 0 radical (unpaired) electrons. The van der Waals surface area contributed by atoms with Gasteiger partial charge in [0.15, 0.2) is 0 Å².